The maximum atomic E-state index is 12.6. The number of nitrogens with zero attached hydrogens (tertiary/aromatic N) is 1. The Kier molecular flexibility index (Phi) is 4.79. The van der Waals surface area contributed by atoms with Gasteiger partial charge in [0.15, 0.2) is 0 Å². The Balaban J connectivity index is 1.70. The van der Waals surface area contributed by atoms with Crippen LogP contribution in [0.4, 0.5) is 5.69 Å². The molecule has 0 saturated carbocycles. The normalized spacial score (nSPS) is 19.4. The first kappa shape index (κ1) is 16.2. The molecule has 1 aliphatic heterocycles. The summed E-state index contributed by atoms with van der Waals surface area (Å²) in [6.07, 6.45) is 1.40. The number of anilines is 1. The van der Waals surface area contributed by atoms with Crippen LogP contribution in [-0.2, 0) is 14.8 Å². The minimum atomic E-state index is -3.49. The van der Waals surface area contributed by atoms with E-state index in [0.717, 1.165) is 5.69 Å². The number of thiophene rings is 1. The van der Waals surface area contributed by atoms with E-state index in [9.17, 15) is 13.2 Å². The minimum Gasteiger partial charge on any atom is -0.326 e. The second kappa shape index (κ2) is 6.82. The number of hydrogen-bond donors (Lipinski definition) is 1. The van der Waals surface area contributed by atoms with Gasteiger partial charge in [0.25, 0.3) is 10.0 Å². The Labute approximate surface area is 140 Å². The maximum absolute atomic E-state index is 12.6. The molecule has 5 nitrogen and oxygen atoms in total. The van der Waals surface area contributed by atoms with Crippen molar-refractivity contribution in [3.63, 3.8) is 0 Å². The number of hydrogen-bond acceptors (Lipinski definition) is 4. The zero-order valence-corrected chi connectivity index (χ0v) is 14.1. The highest BCUT2D eigenvalue weighted by molar-refractivity contribution is 7.91. The molecule has 1 aliphatic rings. The summed E-state index contributed by atoms with van der Waals surface area (Å²) < 4.78 is 26.9. The molecule has 1 saturated heterocycles. The van der Waals surface area contributed by atoms with Crippen molar-refractivity contribution < 1.29 is 13.2 Å². The third-order valence-corrected chi connectivity index (χ3v) is 7.12. The van der Waals surface area contributed by atoms with Crippen LogP contribution in [0.2, 0.25) is 0 Å². The molecular formula is C16H18N2O3S2. The fraction of sp³-hybridized carbons (Fsp3) is 0.312. The number of rotatable bonds is 4. The van der Waals surface area contributed by atoms with Gasteiger partial charge in [-0.15, -0.1) is 11.3 Å². The van der Waals surface area contributed by atoms with Crippen LogP contribution in [-0.4, -0.2) is 31.7 Å². The topological polar surface area (TPSA) is 66.5 Å². The molecule has 1 aromatic heterocycles. The summed E-state index contributed by atoms with van der Waals surface area (Å²) in [5.41, 5.74) is 0.732. The zero-order valence-electron chi connectivity index (χ0n) is 12.5. The largest absolute Gasteiger partial charge is 0.326 e. The summed E-state index contributed by atoms with van der Waals surface area (Å²) >= 11 is 1.21. The molecule has 1 fully saturated rings. The molecule has 0 radical (unpaired) electrons. The highest BCUT2D eigenvalue weighted by Crippen LogP contribution is 2.27. The molecule has 2 aromatic rings. The molecule has 122 valence electrons. The standard InChI is InChI=1S/C16H18N2O3S2/c19-16(17-14-7-2-1-3-8-14)13-6-4-10-18(12-13)23(20,21)15-9-5-11-22-15/h1-3,5,7-9,11,13H,4,6,10,12H2,(H,17,19)/t13-/m0/s1. The summed E-state index contributed by atoms with van der Waals surface area (Å²) in [6, 6.07) is 12.6. The first-order valence-corrected chi connectivity index (χ1v) is 9.79. The van der Waals surface area contributed by atoms with Crippen molar-refractivity contribution in [1.29, 1.82) is 0 Å². The molecule has 0 bridgehead atoms. The molecule has 0 spiro atoms. The molecule has 2 heterocycles. The minimum absolute atomic E-state index is 0.123. The van der Waals surface area contributed by atoms with Crippen LogP contribution < -0.4 is 5.32 Å². The highest BCUT2D eigenvalue weighted by atomic mass is 32.2. The average molecular weight is 350 g/mol. The smallest absolute Gasteiger partial charge is 0.252 e. The van der Waals surface area contributed by atoms with Crippen LogP contribution in [0, 0.1) is 5.92 Å². The van der Waals surface area contributed by atoms with Gasteiger partial charge in [-0.2, -0.15) is 4.31 Å². The quantitative estimate of drug-likeness (QED) is 0.922. The van der Waals surface area contributed by atoms with Gasteiger partial charge >= 0.3 is 0 Å². The molecule has 1 amide bonds. The molecule has 1 atom stereocenters. The van der Waals surface area contributed by atoms with Crippen molar-refractivity contribution in [3.05, 3.63) is 47.8 Å². The third-order valence-electron chi connectivity index (χ3n) is 3.89. The van der Waals surface area contributed by atoms with Gasteiger partial charge in [-0.05, 0) is 36.4 Å². The van der Waals surface area contributed by atoms with Gasteiger partial charge in [-0.25, -0.2) is 8.42 Å². The Morgan fingerprint density at radius 3 is 2.65 bits per heavy atom. The summed E-state index contributed by atoms with van der Waals surface area (Å²) in [6.45, 7) is 0.703. The van der Waals surface area contributed by atoms with Crippen LogP contribution in [0.25, 0.3) is 0 Å². The van der Waals surface area contributed by atoms with Gasteiger partial charge in [-0.1, -0.05) is 24.3 Å². The van der Waals surface area contributed by atoms with Gasteiger partial charge in [0, 0.05) is 18.8 Å². The van der Waals surface area contributed by atoms with Crippen LogP contribution in [0.15, 0.2) is 52.1 Å². The van der Waals surface area contributed by atoms with Gasteiger partial charge in [-0.3, -0.25) is 4.79 Å². The molecule has 7 heteroatoms. The lowest BCUT2D eigenvalue weighted by Gasteiger charge is -2.30. The van der Waals surface area contributed by atoms with Gasteiger partial charge in [0.2, 0.25) is 5.91 Å². The van der Waals surface area contributed by atoms with Crippen molar-refractivity contribution in [1.82, 2.24) is 4.31 Å². The van der Waals surface area contributed by atoms with E-state index < -0.39 is 10.0 Å². The van der Waals surface area contributed by atoms with E-state index in [1.54, 1.807) is 17.5 Å². The van der Waals surface area contributed by atoms with Crippen molar-refractivity contribution in [2.24, 2.45) is 5.92 Å². The molecule has 23 heavy (non-hydrogen) atoms. The number of benzene rings is 1. The van der Waals surface area contributed by atoms with Gasteiger partial charge in [0.05, 0.1) is 5.92 Å². The predicted octanol–water partition coefficient (Wildman–Crippen LogP) is 2.79. The zero-order chi connectivity index (χ0) is 16.3. The van der Waals surface area contributed by atoms with E-state index in [1.165, 1.54) is 15.6 Å². The van der Waals surface area contributed by atoms with Gasteiger partial charge in [0.1, 0.15) is 4.21 Å². The number of para-hydroxylation sites is 1. The lowest BCUT2D eigenvalue weighted by Crippen LogP contribution is -2.43. The molecule has 0 unspecified atom stereocenters. The van der Waals surface area contributed by atoms with Crippen molar-refractivity contribution in [3.8, 4) is 0 Å². The first-order valence-electron chi connectivity index (χ1n) is 7.47. The number of amides is 1. The van der Waals surface area contributed by atoms with Crippen molar-refractivity contribution >= 4 is 33.0 Å². The van der Waals surface area contributed by atoms with Crippen LogP contribution in [0.1, 0.15) is 12.8 Å². The van der Waals surface area contributed by atoms with E-state index in [4.69, 9.17) is 0 Å². The molecule has 1 N–H and O–H groups in total. The second-order valence-corrected chi connectivity index (χ2v) is 8.60. The SMILES string of the molecule is O=C(Nc1ccccc1)[C@H]1CCCN(S(=O)(=O)c2cccs2)C1. The summed E-state index contributed by atoms with van der Waals surface area (Å²) in [5, 5.41) is 4.61. The first-order chi connectivity index (χ1) is 11.1. The average Bonchev–Trinajstić information content (AvgIpc) is 3.11. The highest BCUT2D eigenvalue weighted by Gasteiger charge is 2.33. The van der Waals surface area contributed by atoms with E-state index in [1.807, 2.05) is 30.3 Å². The lowest BCUT2D eigenvalue weighted by molar-refractivity contribution is -0.120. The third kappa shape index (κ3) is 3.63. The Bertz CT molecular complexity index is 758. The lowest BCUT2D eigenvalue weighted by atomic mass is 9.99. The Morgan fingerprint density at radius 1 is 1.17 bits per heavy atom. The summed E-state index contributed by atoms with van der Waals surface area (Å²) in [4.78, 5) is 12.4. The van der Waals surface area contributed by atoms with E-state index in [0.29, 0.717) is 23.6 Å². The van der Waals surface area contributed by atoms with E-state index >= 15 is 0 Å². The molecule has 3 rings (SSSR count). The number of carbonyl (C=O) groups excluding carboxylic acids is 1. The number of piperidine rings is 1. The summed E-state index contributed by atoms with van der Waals surface area (Å²) in [7, 11) is -3.49. The number of sulfonamides is 1. The van der Waals surface area contributed by atoms with Crippen molar-refractivity contribution in [2.75, 3.05) is 18.4 Å². The molecule has 1 aromatic carbocycles. The van der Waals surface area contributed by atoms with Crippen LogP contribution in [0.3, 0.4) is 0 Å². The second-order valence-electron chi connectivity index (χ2n) is 5.49. The van der Waals surface area contributed by atoms with E-state index in [-0.39, 0.29) is 18.4 Å². The van der Waals surface area contributed by atoms with Crippen molar-refractivity contribution in [2.45, 2.75) is 17.1 Å². The molecule has 0 aliphatic carbocycles. The number of carbonyl (C=O) groups is 1. The van der Waals surface area contributed by atoms with Gasteiger partial charge < -0.3 is 5.32 Å². The Morgan fingerprint density at radius 2 is 1.96 bits per heavy atom. The van der Waals surface area contributed by atoms with Crippen LogP contribution in [0.5, 0.6) is 0 Å². The Hall–Kier alpha value is -1.70. The predicted molar refractivity (Wildman–Crippen MR) is 90.9 cm³/mol. The van der Waals surface area contributed by atoms with E-state index in [2.05, 4.69) is 5.32 Å². The van der Waals surface area contributed by atoms with Crippen LogP contribution >= 0.6 is 11.3 Å². The molecular weight excluding hydrogens is 332 g/mol. The summed E-state index contributed by atoms with van der Waals surface area (Å²) in [5.74, 6) is -0.444. The fourth-order valence-electron chi connectivity index (χ4n) is 2.68. The fourth-order valence-corrected chi connectivity index (χ4v) is 5.35. The monoisotopic (exact) mass is 350 g/mol. The number of nitrogens with one attached hydrogen (secondary N) is 1. The maximum Gasteiger partial charge on any atom is 0.252 e.